The first-order chi connectivity index (χ1) is 13.7. The number of rotatable bonds is 5. The quantitative estimate of drug-likeness (QED) is 0.739. The summed E-state index contributed by atoms with van der Waals surface area (Å²) in [6.07, 6.45) is 1.70. The molecule has 1 aliphatic heterocycles. The highest BCUT2D eigenvalue weighted by Crippen LogP contribution is 2.21. The average molecular weight is 379 g/mol. The van der Waals surface area contributed by atoms with Crippen molar-refractivity contribution in [2.75, 3.05) is 42.9 Å². The summed E-state index contributed by atoms with van der Waals surface area (Å²) < 4.78 is 13.8. The van der Waals surface area contributed by atoms with Gasteiger partial charge in [-0.2, -0.15) is 0 Å². The normalized spacial score (nSPS) is 14.3. The molecule has 144 valence electrons. The largest absolute Gasteiger partial charge is 0.369 e. The molecule has 1 fully saturated rings. The molecule has 1 saturated heterocycles. The zero-order chi connectivity index (χ0) is 19.3. The van der Waals surface area contributed by atoms with E-state index in [1.165, 1.54) is 18.1 Å². The Morgan fingerprint density at radius 1 is 1.00 bits per heavy atom. The molecule has 1 aliphatic rings. The van der Waals surface area contributed by atoms with Crippen molar-refractivity contribution >= 4 is 28.3 Å². The summed E-state index contributed by atoms with van der Waals surface area (Å²) in [5.41, 5.74) is 1.47. The Bertz CT molecular complexity index is 957. The van der Waals surface area contributed by atoms with Gasteiger partial charge in [0.2, 0.25) is 5.91 Å². The van der Waals surface area contributed by atoms with Crippen molar-refractivity contribution in [1.29, 1.82) is 0 Å². The van der Waals surface area contributed by atoms with Crippen LogP contribution in [0.5, 0.6) is 0 Å². The van der Waals surface area contributed by atoms with Gasteiger partial charge in [0.1, 0.15) is 23.5 Å². The molecule has 0 radical (unpaired) electrons. The van der Waals surface area contributed by atoms with E-state index < -0.39 is 0 Å². The molecule has 0 unspecified atom stereocenters. The van der Waals surface area contributed by atoms with Gasteiger partial charge < -0.3 is 15.1 Å². The number of fused-ring (bicyclic) bond motifs is 1. The third-order valence-corrected chi connectivity index (χ3v) is 5.00. The molecule has 0 saturated carbocycles. The van der Waals surface area contributed by atoms with Gasteiger partial charge in [-0.3, -0.25) is 4.79 Å². The van der Waals surface area contributed by atoms with E-state index in [2.05, 4.69) is 32.3 Å². The van der Waals surface area contributed by atoms with Crippen molar-refractivity contribution in [1.82, 2.24) is 14.9 Å². The first kappa shape index (κ1) is 18.2. The van der Waals surface area contributed by atoms with E-state index >= 15 is 0 Å². The highest BCUT2D eigenvalue weighted by molar-refractivity contribution is 5.89. The van der Waals surface area contributed by atoms with Crippen LogP contribution < -0.4 is 10.2 Å². The molecule has 4 rings (SSSR count). The summed E-state index contributed by atoms with van der Waals surface area (Å²) in [5.74, 6) is 0.284. The van der Waals surface area contributed by atoms with Crippen LogP contribution in [-0.4, -0.2) is 53.5 Å². The summed E-state index contributed by atoms with van der Waals surface area (Å²) >= 11 is 0. The zero-order valence-corrected chi connectivity index (χ0v) is 15.5. The lowest BCUT2D eigenvalue weighted by Gasteiger charge is -2.36. The Labute approximate surface area is 163 Å². The van der Waals surface area contributed by atoms with Crippen LogP contribution in [0.3, 0.4) is 0 Å². The van der Waals surface area contributed by atoms with E-state index in [1.807, 2.05) is 23.1 Å². The summed E-state index contributed by atoms with van der Waals surface area (Å²) in [4.78, 5) is 24.9. The minimum atomic E-state index is -0.379. The fourth-order valence-corrected chi connectivity index (χ4v) is 3.49. The van der Waals surface area contributed by atoms with Crippen LogP contribution in [0.1, 0.15) is 6.42 Å². The van der Waals surface area contributed by atoms with Crippen LogP contribution in [0, 0.1) is 5.82 Å². The number of amides is 1. The number of nitrogens with zero attached hydrogens (tertiary/aromatic N) is 4. The Hall–Kier alpha value is -3.22. The van der Waals surface area contributed by atoms with Gasteiger partial charge in [0, 0.05) is 50.2 Å². The lowest BCUT2D eigenvalue weighted by molar-refractivity contribution is -0.131. The Balaban J connectivity index is 1.29. The Morgan fingerprint density at radius 2 is 1.79 bits per heavy atom. The predicted octanol–water partition coefficient (Wildman–Crippen LogP) is 2.92. The molecule has 2 heterocycles. The summed E-state index contributed by atoms with van der Waals surface area (Å²) in [6.45, 7) is 3.54. The fraction of sp³-hybridized carbons (Fsp3) is 0.286. The van der Waals surface area contributed by atoms with Crippen molar-refractivity contribution in [2.24, 2.45) is 0 Å². The van der Waals surface area contributed by atoms with Crippen molar-refractivity contribution in [3.8, 4) is 0 Å². The molecule has 0 spiro atoms. The zero-order valence-electron chi connectivity index (χ0n) is 15.5. The Morgan fingerprint density at radius 3 is 2.57 bits per heavy atom. The van der Waals surface area contributed by atoms with Crippen LogP contribution in [-0.2, 0) is 4.79 Å². The molecule has 28 heavy (non-hydrogen) atoms. The molecule has 7 heteroatoms. The number of hydrogen-bond donors (Lipinski definition) is 1. The number of carbonyl (C=O) groups is 1. The molecule has 0 aliphatic carbocycles. The van der Waals surface area contributed by atoms with E-state index in [0.717, 1.165) is 26.2 Å². The van der Waals surface area contributed by atoms with Crippen LogP contribution in [0.2, 0.25) is 0 Å². The van der Waals surface area contributed by atoms with Crippen molar-refractivity contribution < 1.29 is 9.18 Å². The van der Waals surface area contributed by atoms with Gasteiger partial charge in [0.15, 0.2) is 0 Å². The van der Waals surface area contributed by atoms with Gasteiger partial charge in [0.05, 0.1) is 0 Å². The van der Waals surface area contributed by atoms with Gasteiger partial charge in [0.25, 0.3) is 0 Å². The second-order valence-electron chi connectivity index (χ2n) is 6.74. The third-order valence-electron chi connectivity index (χ3n) is 5.00. The fourth-order valence-electron chi connectivity index (χ4n) is 3.49. The minimum absolute atomic E-state index is 0.116. The monoisotopic (exact) mass is 379 g/mol. The number of halogens is 1. The molecular weight excluding hydrogens is 357 g/mol. The summed E-state index contributed by atoms with van der Waals surface area (Å²) in [6, 6.07) is 15.0. The highest BCUT2D eigenvalue weighted by Gasteiger charge is 2.21. The first-order valence-electron chi connectivity index (χ1n) is 9.43. The molecule has 6 nitrogen and oxygen atoms in total. The predicted molar refractivity (Wildman–Crippen MR) is 108 cm³/mol. The maximum absolute atomic E-state index is 13.8. The van der Waals surface area contributed by atoms with Gasteiger partial charge >= 0.3 is 0 Å². The van der Waals surface area contributed by atoms with Crippen LogP contribution in [0.15, 0.2) is 54.9 Å². The van der Waals surface area contributed by atoms with E-state index in [1.54, 1.807) is 12.1 Å². The molecule has 1 amide bonds. The minimum Gasteiger partial charge on any atom is -0.369 e. The highest BCUT2D eigenvalue weighted by atomic mass is 19.1. The Kier molecular flexibility index (Phi) is 5.32. The average Bonchev–Trinajstić information content (AvgIpc) is 2.75. The number of benzene rings is 2. The van der Waals surface area contributed by atoms with Crippen LogP contribution >= 0.6 is 0 Å². The molecule has 0 bridgehead atoms. The number of para-hydroxylation sites is 2. The number of carbonyl (C=O) groups excluding carboxylic acids is 1. The van der Waals surface area contributed by atoms with Gasteiger partial charge in [-0.1, -0.05) is 24.3 Å². The van der Waals surface area contributed by atoms with Crippen molar-refractivity contribution in [2.45, 2.75) is 6.42 Å². The molecular formula is C21H22FN5O. The van der Waals surface area contributed by atoms with Crippen LogP contribution in [0.4, 0.5) is 15.9 Å². The SMILES string of the molecule is O=C(CCNc1ncnc2c(F)cccc12)N1CCN(c2ccccc2)CC1. The van der Waals surface area contributed by atoms with Gasteiger partial charge in [-0.15, -0.1) is 0 Å². The third kappa shape index (κ3) is 3.88. The van der Waals surface area contributed by atoms with E-state index in [9.17, 15) is 9.18 Å². The van der Waals surface area contributed by atoms with Gasteiger partial charge in [-0.25, -0.2) is 14.4 Å². The lowest BCUT2D eigenvalue weighted by Crippen LogP contribution is -2.49. The summed E-state index contributed by atoms with van der Waals surface area (Å²) in [7, 11) is 0. The van der Waals surface area contributed by atoms with E-state index in [4.69, 9.17) is 0 Å². The second kappa shape index (κ2) is 8.21. The molecule has 2 aromatic carbocycles. The number of nitrogens with one attached hydrogen (secondary N) is 1. The lowest BCUT2D eigenvalue weighted by atomic mass is 10.2. The molecule has 1 N–H and O–H groups in total. The van der Waals surface area contributed by atoms with Crippen molar-refractivity contribution in [3.05, 3.63) is 60.7 Å². The van der Waals surface area contributed by atoms with E-state index in [-0.39, 0.29) is 17.2 Å². The smallest absolute Gasteiger partial charge is 0.224 e. The maximum Gasteiger partial charge on any atom is 0.224 e. The first-order valence-corrected chi connectivity index (χ1v) is 9.43. The van der Waals surface area contributed by atoms with Gasteiger partial charge in [-0.05, 0) is 24.3 Å². The summed E-state index contributed by atoms with van der Waals surface area (Å²) in [5, 5.41) is 3.76. The number of hydrogen-bond acceptors (Lipinski definition) is 5. The van der Waals surface area contributed by atoms with Crippen molar-refractivity contribution in [3.63, 3.8) is 0 Å². The topological polar surface area (TPSA) is 61.4 Å². The van der Waals surface area contributed by atoms with Crippen LogP contribution in [0.25, 0.3) is 10.9 Å². The number of anilines is 2. The standard InChI is InChI=1S/C21H22FN5O/c22-18-8-4-7-17-20(18)24-15-25-21(17)23-10-9-19(28)27-13-11-26(12-14-27)16-5-2-1-3-6-16/h1-8,15H,9-14H2,(H,23,24,25). The number of piperazine rings is 1. The van der Waals surface area contributed by atoms with E-state index in [0.29, 0.717) is 24.2 Å². The molecule has 3 aromatic rings. The molecule has 1 aromatic heterocycles. The maximum atomic E-state index is 13.8. The second-order valence-corrected chi connectivity index (χ2v) is 6.74. The molecule has 0 atom stereocenters. The number of aromatic nitrogens is 2.